The lowest BCUT2D eigenvalue weighted by Crippen LogP contribution is -2.20. The van der Waals surface area contributed by atoms with Gasteiger partial charge in [0.05, 0.1) is 6.61 Å². The van der Waals surface area contributed by atoms with Gasteiger partial charge in [-0.2, -0.15) is 0 Å². The van der Waals surface area contributed by atoms with Gasteiger partial charge in [0, 0.05) is 6.61 Å². The third-order valence-corrected chi connectivity index (χ3v) is 2.62. The van der Waals surface area contributed by atoms with E-state index in [-0.39, 0.29) is 0 Å². The number of rotatable bonds is 4. The molecule has 12 heavy (non-hydrogen) atoms. The van der Waals surface area contributed by atoms with Crippen LogP contribution >= 0.6 is 0 Å². The number of aliphatic hydroxyl groups is 1. The fraction of sp³-hybridized carbons (Fsp3) is 0.889. The first-order chi connectivity index (χ1) is 5.86. The zero-order valence-electron chi connectivity index (χ0n) is 7.24. The maximum atomic E-state index is 9.91. The molecule has 0 aromatic rings. The number of hydrogen-bond acceptors (Lipinski definition) is 3. The van der Waals surface area contributed by atoms with Gasteiger partial charge >= 0.3 is 0 Å². The Morgan fingerprint density at radius 2 is 1.83 bits per heavy atom. The highest BCUT2D eigenvalue weighted by atomic mass is 16.5. The summed E-state index contributed by atoms with van der Waals surface area (Å²) in [4.78, 5) is 9.91. The molecule has 1 N–H and O–H groups in total. The van der Waals surface area contributed by atoms with Crippen LogP contribution in [-0.2, 0) is 9.53 Å². The van der Waals surface area contributed by atoms with E-state index in [4.69, 9.17) is 9.84 Å². The van der Waals surface area contributed by atoms with E-state index in [1.165, 1.54) is 0 Å². The molecule has 0 unspecified atom stereocenters. The molecule has 3 heteroatoms. The Hall–Kier alpha value is -0.570. The van der Waals surface area contributed by atoms with Gasteiger partial charge in [0.25, 0.3) is 6.47 Å². The van der Waals surface area contributed by atoms with Gasteiger partial charge < -0.3 is 9.84 Å². The lowest BCUT2D eigenvalue weighted by molar-refractivity contribution is -0.130. The van der Waals surface area contributed by atoms with Crippen molar-refractivity contribution in [2.24, 2.45) is 11.8 Å². The summed E-state index contributed by atoms with van der Waals surface area (Å²) in [5, 5.41) is 8.87. The zero-order chi connectivity index (χ0) is 8.81. The largest absolute Gasteiger partial charge is 0.468 e. The average molecular weight is 172 g/mol. The van der Waals surface area contributed by atoms with E-state index in [0.717, 1.165) is 25.7 Å². The van der Waals surface area contributed by atoms with Gasteiger partial charge in [-0.25, -0.2) is 0 Å². The van der Waals surface area contributed by atoms with E-state index in [1.54, 1.807) is 0 Å². The van der Waals surface area contributed by atoms with E-state index in [2.05, 4.69) is 0 Å². The summed E-state index contributed by atoms with van der Waals surface area (Å²) in [7, 11) is 0. The second-order valence-electron chi connectivity index (χ2n) is 3.50. The van der Waals surface area contributed by atoms with Crippen molar-refractivity contribution in [1.29, 1.82) is 0 Å². The summed E-state index contributed by atoms with van der Waals surface area (Å²) in [5.74, 6) is 1.01. The van der Waals surface area contributed by atoms with E-state index in [0.29, 0.717) is 31.5 Å². The first-order valence-electron chi connectivity index (χ1n) is 4.53. The number of aliphatic hydroxyl groups excluding tert-OH is 1. The van der Waals surface area contributed by atoms with E-state index in [1.807, 2.05) is 0 Å². The third-order valence-electron chi connectivity index (χ3n) is 2.62. The Morgan fingerprint density at radius 3 is 2.33 bits per heavy atom. The third kappa shape index (κ3) is 2.81. The Morgan fingerprint density at radius 1 is 1.25 bits per heavy atom. The molecule has 0 bridgehead atoms. The van der Waals surface area contributed by atoms with Crippen LogP contribution < -0.4 is 0 Å². The van der Waals surface area contributed by atoms with Gasteiger partial charge in [0.15, 0.2) is 0 Å². The van der Waals surface area contributed by atoms with Crippen LogP contribution in [0, 0.1) is 11.8 Å². The Balaban J connectivity index is 2.12. The van der Waals surface area contributed by atoms with Crippen LogP contribution in [0.15, 0.2) is 0 Å². The molecule has 1 rings (SSSR count). The van der Waals surface area contributed by atoms with Gasteiger partial charge in [-0.3, -0.25) is 4.79 Å². The predicted molar refractivity (Wildman–Crippen MR) is 44.5 cm³/mol. The molecule has 1 aliphatic carbocycles. The predicted octanol–water partition coefficient (Wildman–Crippen LogP) is 0.958. The van der Waals surface area contributed by atoms with Crippen LogP contribution in [0.2, 0.25) is 0 Å². The van der Waals surface area contributed by atoms with Gasteiger partial charge in [-0.1, -0.05) is 0 Å². The summed E-state index contributed by atoms with van der Waals surface area (Å²) in [6.45, 7) is 1.38. The number of carbonyl (C=O) groups is 1. The van der Waals surface area contributed by atoms with E-state index in [9.17, 15) is 4.79 Å². The van der Waals surface area contributed by atoms with Crippen molar-refractivity contribution >= 4 is 6.47 Å². The lowest BCUT2D eigenvalue weighted by atomic mass is 9.83. The lowest BCUT2D eigenvalue weighted by Gasteiger charge is -2.26. The molecule has 0 heterocycles. The highest BCUT2D eigenvalue weighted by Gasteiger charge is 2.20. The fourth-order valence-electron chi connectivity index (χ4n) is 1.76. The second-order valence-corrected chi connectivity index (χ2v) is 3.50. The fourth-order valence-corrected chi connectivity index (χ4v) is 1.76. The number of carbonyl (C=O) groups excluding carboxylic acids is 1. The van der Waals surface area contributed by atoms with E-state index < -0.39 is 0 Å². The average Bonchev–Trinajstić information content (AvgIpc) is 2.15. The van der Waals surface area contributed by atoms with Crippen molar-refractivity contribution < 1.29 is 14.6 Å². The molecule has 1 fully saturated rings. The SMILES string of the molecule is O=COCC1CCC(CO)CC1. The zero-order valence-corrected chi connectivity index (χ0v) is 7.24. The summed E-state index contributed by atoms with van der Waals surface area (Å²) in [6.07, 6.45) is 4.31. The van der Waals surface area contributed by atoms with Crippen LogP contribution in [0.25, 0.3) is 0 Å². The molecular weight excluding hydrogens is 156 g/mol. The molecule has 0 atom stereocenters. The van der Waals surface area contributed by atoms with Crippen molar-refractivity contribution in [2.45, 2.75) is 25.7 Å². The van der Waals surface area contributed by atoms with Gasteiger partial charge in [-0.05, 0) is 37.5 Å². The van der Waals surface area contributed by atoms with Crippen LogP contribution in [0.4, 0.5) is 0 Å². The highest BCUT2D eigenvalue weighted by molar-refractivity contribution is 5.36. The topological polar surface area (TPSA) is 46.5 Å². The van der Waals surface area contributed by atoms with Crippen LogP contribution in [0.3, 0.4) is 0 Å². The van der Waals surface area contributed by atoms with Crippen molar-refractivity contribution in [3.05, 3.63) is 0 Å². The van der Waals surface area contributed by atoms with Crippen molar-refractivity contribution in [3.63, 3.8) is 0 Å². The van der Waals surface area contributed by atoms with Crippen molar-refractivity contribution in [3.8, 4) is 0 Å². The van der Waals surface area contributed by atoms with Crippen molar-refractivity contribution in [1.82, 2.24) is 0 Å². The van der Waals surface area contributed by atoms with Gasteiger partial charge in [0.1, 0.15) is 0 Å². The van der Waals surface area contributed by atoms with Crippen LogP contribution in [0.5, 0.6) is 0 Å². The Labute approximate surface area is 72.7 Å². The molecule has 0 saturated heterocycles. The molecule has 1 aliphatic rings. The smallest absolute Gasteiger partial charge is 0.293 e. The molecule has 0 aromatic carbocycles. The molecule has 0 aromatic heterocycles. The first kappa shape index (κ1) is 9.52. The minimum Gasteiger partial charge on any atom is -0.468 e. The highest BCUT2D eigenvalue weighted by Crippen LogP contribution is 2.28. The van der Waals surface area contributed by atoms with E-state index >= 15 is 0 Å². The quantitative estimate of drug-likeness (QED) is 0.642. The van der Waals surface area contributed by atoms with Gasteiger partial charge in [-0.15, -0.1) is 0 Å². The second kappa shape index (κ2) is 5.14. The standard InChI is InChI=1S/C9H16O3/c10-5-8-1-3-9(4-2-8)6-12-7-11/h7-10H,1-6H2. The number of hydrogen-bond donors (Lipinski definition) is 1. The Bertz CT molecular complexity index is 128. The molecule has 3 nitrogen and oxygen atoms in total. The molecule has 70 valence electrons. The van der Waals surface area contributed by atoms with Crippen LogP contribution in [-0.4, -0.2) is 24.8 Å². The van der Waals surface area contributed by atoms with Gasteiger partial charge in [0.2, 0.25) is 0 Å². The maximum absolute atomic E-state index is 9.91. The summed E-state index contributed by atoms with van der Waals surface area (Å²) < 4.78 is 4.70. The Kier molecular flexibility index (Phi) is 4.08. The molecule has 0 spiro atoms. The molecule has 0 radical (unpaired) electrons. The minimum absolute atomic E-state index is 0.307. The monoisotopic (exact) mass is 172 g/mol. The summed E-state index contributed by atoms with van der Waals surface area (Å²) in [6, 6.07) is 0. The summed E-state index contributed by atoms with van der Waals surface area (Å²) >= 11 is 0. The summed E-state index contributed by atoms with van der Waals surface area (Å²) in [5.41, 5.74) is 0. The van der Waals surface area contributed by atoms with Crippen molar-refractivity contribution in [2.75, 3.05) is 13.2 Å². The first-order valence-corrected chi connectivity index (χ1v) is 4.53. The molecule has 1 saturated carbocycles. The molecule has 0 amide bonds. The number of ether oxygens (including phenoxy) is 1. The minimum atomic E-state index is 0.307. The van der Waals surface area contributed by atoms with Crippen LogP contribution in [0.1, 0.15) is 25.7 Å². The molecule has 0 aliphatic heterocycles. The maximum Gasteiger partial charge on any atom is 0.293 e. The normalized spacial score (nSPS) is 29.8. The molecular formula is C9H16O3.